The van der Waals surface area contributed by atoms with E-state index in [1.165, 1.54) is 19.1 Å². The van der Waals surface area contributed by atoms with Crippen molar-refractivity contribution < 1.29 is 18.3 Å². The van der Waals surface area contributed by atoms with E-state index in [-0.39, 0.29) is 17.0 Å². The molecule has 1 saturated heterocycles. The summed E-state index contributed by atoms with van der Waals surface area (Å²) in [6, 6.07) is 4.80. The van der Waals surface area contributed by atoms with Gasteiger partial charge in [-0.05, 0) is 32.2 Å². The molecule has 0 amide bonds. The zero-order valence-electron chi connectivity index (χ0n) is 12.7. The molecule has 2 N–H and O–H groups in total. The lowest BCUT2D eigenvalue weighted by Gasteiger charge is -2.34. The summed E-state index contributed by atoms with van der Waals surface area (Å²) in [7, 11) is -1.46. The number of carbonyl (C=O) groups is 1. The van der Waals surface area contributed by atoms with Crippen molar-refractivity contribution in [3.63, 3.8) is 0 Å². The fourth-order valence-corrected chi connectivity index (χ4v) is 2.96. The number of hydrogen-bond donors (Lipinski definition) is 2. The molecular weight excluding hydrogens is 306 g/mol. The van der Waals surface area contributed by atoms with Crippen LogP contribution in [0, 0.1) is 0 Å². The molecule has 0 aliphatic carbocycles. The van der Waals surface area contributed by atoms with Crippen molar-refractivity contribution in [2.45, 2.75) is 6.92 Å². The zero-order valence-corrected chi connectivity index (χ0v) is 13.6. The first-order chi connectivity index (χ1) is 10.3. The number of nitrogens with zero attached hydrogens (tertiary/aromatic N) is 2. The van der Waals surface area contributed by atoms with Gasteiger partial charge in [0.2, 0.25) is 10.0 Å². The minimum atomic E-state index is -3.51. The number of nitrogens with one attached hydrogen (secondary N) is 1. The highest BCUT2D eigenvalue weighted by molar-refractivity contribution is 7.92. The van der Waals surface area contributed by atoms with Gasteiger partial charge >= 0.3 is 5.97 Å². The molecule has 0 atom stereocenters. The van der Waals surface area contributed by atoms with Gasteiger partial charge in [0.15, 0.2) is 0 Å². The number of carboxylic acid groups (broad SMARTS) is 1. The Balaban J connectivity index is 2.29. The van der Waals surface area contributed by atoms with Gasteiger partial charge < -0.3 is 14.9 Å². The van der Waals surface area contributed by atoms with E-state index < -0.39 is 16.0 Å². The summed E-state index contributed by atoms with van der Waals surface area (Å²) in [4.78, 5) is 15.7. The summed E-state index contributed by atoms with van der Waals surface area (Å²) in [5, 5.41) is 9.34. The average molecular weight is 327 g/mol. The Hall–Kier alpha value is -1.80. The van der Waals surface area contributed by atoms with E-state index in [1.807, 2.05) is 7.05 Å². The van der Waals surface area contributed by atoms with Gasteiger partial charge in [-0.2, -0.15) is 0 Å². The lowest BCUT2D eigenvalue weighted by molar-refractivity contribution is 0.0698. The number of hydrogen-bond acceptors (Lipinski definition) is 5. The summed E-state index contributed by atoms with van der Waals surface area (Å²) in [5.41, 5.74) is 0.866. The third kappa shape index (κ3) is 3.89. The Labute approximate surface area is 130 Å². The number of anilines is 2. The largest absolute Gasteiger partial charge is 0.478 e. The first-order valence-corrected chi connectivity index (χ1v) is 8.79. The minimum Gasteiger partial charge on any atom is -0.478 e. The smallest absolute Gasteiger partial charge is 0.337 e. The van der Waals surface area contributed by atoms with Crippen molar-refractivity contribution in [2.24, 2.45) is 0 Å². The molecule has 1 aromatic carbocycles. The van der Waals surface area contributed by atoms with Gasteiger partial charge in [-0.15, -0.1) is 0 Å². The van der Waals surface area contributed by atoms with Crippen molar-refractivity contribution in [3.8, 4) is 0 Å². The van der Waals surface area contributed by atoms with Crippen LogP contribution >= 0.6 is 0 Å². The predicted molar refractivity (Wildman–Crippen MR) is 86.2 cm³/mol. The highest BCUT2D eigenvalue weighted by atomic mass is 32.2. The van der Waals surface area contributed by atoms with Crippen molar-refractivity contribution in [3.05, 3.63) is 23.8 Å². The molecule has 7 nitrogen and oxygen atoms in total. The van der Waals surface area contributed by atoms with E-state index >= 15 is 0 Å². The molecule has 2 rings (SSSR count). The molecule has 122 valence electrons. The average Bonchev–Trinajstić information content (AvgIpc) is 2.48. The summed E-state index contributed by atoms with van der Waals surface area (Å²) >= 11 is 0. The predicted octanol–water partition coefficient (Wildman–Crippen LogP) is 0.898. The number of sulfonamides is 1. The van der Waals surface area contributed by atoms with Crippen LogP contribution in [0.3, 0.4) is 0 Å². The van der Waals surface area contributed by atoms with Crippen molar-refractivity contribution in [1.29, 1.82) is 0 Å². The van der Waals surface area contributed by atoms with Crippen LogP contribution in [0.15, 0.2) is 18.2 Å². The van der Waals surface area contributed by atoms with Crippen molar-refractivity contribution in [2.75, 3.05) is 48.6 Å². The second-order valence-corrected chi connectivity index (χ2v) is 7.34. The molecule has 0 spiro atoms. The number of piperazine rings is 1. The van der Waals surface area contributed by atoms with Gasteiger partial charge in [0.05, 0.1) is 17.0 Å². The Kier molecular flexibility index (Phi) is 4.92. The van der Waals surface area contributed by atoms with E-state index in [9.17, 15) is 18.3 Å². The molecule has 8 heteroatoms. The molecule has 1 aliphatic rings. The van der Waals surface area contributed by atoms with Crippen molar-refractivity contribution in [1.82, 2.24) is 4.90 Å². The molecule has 1 fully saturated rings. The summed E-state index contributed by atoms with van der Waals surface area (Å²) in [6.45, 7) is 4.95. The number of benzene rings is 1. The van der Waals surface area contributed by atoms with Crippen molar-refractivity contribution >= 4 is 27.4 Å². The molecule has 0 bridgehead atoms. The highest BCUT2D eigenvalue weighted by Gasteiger charge is 2.19. The normalized spacial score (nSPS) is 16.5. The van der Waals surface area contributed by atoms with Gasteiger partial charge in [0.1, 0.15) is 0 Å². The number of aromatic carboxylic acids is 1. The van der Waals surface area contributed by atoms with E-state index in [0.29, 0.717) is 0 Å². The Bertz CT molecular complexity index is 652. The first kappa shape index (κ1) is 16.6. The quantitative estimate of drug-likeness (QED) is 0.835. The number of likely N-dealkylation sites (N-methyl/N-ethyl adjacent to an activating group) is 1. The molecule has 0 radical (unpaired) electrons. The van der Waals surface area contributed by atoms with Crippen LogP contribution in [0.25, 0.3) is 0 Å². The summed E-state index contributed by atoms with van der Waals surface area (Å²) in [6.07, 6.45) is 0. The number of rotatable bonds is 5. The maximum Gasteiger partial charge on any atom is 0.337 e. The standard InChI is InChI=1S/C14H21N3O4S/c1-3-22(20,21)15-13-5-4-11(10-12(13)14(18)19)17-8-6-16(2)7-9-17/h4-5,10,15H,3,6-9H2,1-2H3,(H,18,19). The van der Waals surface area contributed by atoms with Gasteiger partial charge in [0.25, 0.3) is 0 Å². The monoisotopic (exact) mass is 327 g/mol. The molecule has 1 aliphatic heterocycles. The van der Waals surface area contributed by atoms with E-state index in [1.54, 1.807) is 6.07 Å². The second-order valence-electron chi connectivity index (χ2n) is 5.33. The fourth-order valence-electron chi connectivity index (χ4n) is 2.30. The summed E-state index contributed by atoms with van der Waals surface area (Å²) < 4.78 is 25.6. The molecule has 0 saturated carbocycles. The Morgan fingerprint density at radius 2 is 1.91 bits per heavy atom. The van der Waals surface area contributed by atoms with Gasteiger partial charge in [0, 0.05) is 31.9 Å². The third-order valence-corrected chi connectivity index (χ3v) is 5.04. The van der Waals surface area contributed by atoms with Crippen LogP contribution in [-0.4, -0.2) is 63.4 Å². The molecule has 0 unspecified atom stereocenters. The Morgan fingerprint density at radius 1 is 1.27 bits per heavy atom. The lowest BCUT2D eigenvalue weighted by atomic mass is 10.1. The van der Waals surface area contributed by atoms with Gasteiger partial charge in [-0.1, -0.05) is 0 Å². The van der Waals surface area contributed by atoms with Crippen LogP contribution in [0.2, 0.25) is 0 Å². The van der Waals surface area contributed by atoms with Crippen LogP contribution in [0.5, 0.6) is 0 Å². The topological polar surface area (TPSA) is 90.0 Å². The SMILES string of the molecule is CCS(=O)(=O)Nc1ccc(N2CCN(C)CC2)cc1C(=O)O. The fraction of sp³-hybridized carbons (Fsp3) is 0.500. The van der Waals surface area contributed by atoms with Gasteiger partial charge in [-0.25, -0.2) is 13.2 Å². The maximum absolute atomic E-state index is 11.6. The summed E-state index contributed by atoms with van der Waals surface area (Å²) in [5.74, 6) is -1.25. The maximum atomic E-state index is 11.6. The molecule has 1 heterocycles. The molecule has 1 aromatic rings. The lowest BCUT2D eigenvalue weighted by Crippen LogP contribution is -2.44. The Morgan fingerprint density at radius 3 is 2.45 bits per heavy atom. The van der Waals surface area contributed by atoms with Crippen LogP contribution < -0.4 is 9.62 Å². The van der Waals surface area contributed by atoms with E-state index in [2.05, 4.69) is 14.5 Å². The third-order valence-electron chi connectivity index (χ3n) is 3.75. The second kappa shape index (κ2) is 6.53. The van der Waals surface area contributed by atoms with E-state index in [0.717, 1.165) is 31.9 Å². The van der Waals surface area contributed by atoms with Gasteiger partial charge in [-0.3, -0.25) is 4.72 Å². The minimum absolute atomic E-state index is 0.0338. The zero-order chi connectivity index (χ0) is 16.3. The van der Waals surface area contributed by atoms with Crippen LogP contribution in [0.4, 0.5) is 11.4 Å². The molecular formula is C14H21N3O4S. The molecule has 0 aromatic heterocycles. The van der Waals surface area contributed by atoms with E-state index in [4.69, 9.17) is 0 Å². The number of carboxylic acids is 1. The van der Waals surface area contributed by atoms with Crippen LogP contribution in [-0.2, 0) is 10.0 Å². The van der Waals surface area contributed by atoms with Crippen LogP contribution in [0.1, 0.15) is 17.3 Å². The molecule has 22 heavy (non-hydrogen) atoms. The first-order valence-electron chi connectivity index (χ1n) is 7.13. The highest BCUT2D eigenvalue weighted by Crippen LogP contribution is 2.25.